The van der Waals surface area contributed by atoms with Crippen LogP contribution in [0, 0.1) is 0 Å². The lowest BCUT2D eigenvalue weighted by molar-refractivity contribution is 1.12. The van der Waals surface area contributed by atoms with Crippen molar-refractivity contribution in [1.29, 1.82) is 0 Å². The first kappa shape index (κ1) is 8.87. The molecule has 0 aliphatic heterocycles. The Morgan fingerprint density at radius 2 is 1.73 bits per heavy atom. The molecule has 0 atom stereocenters. The SMILES string of the molecule is BrC(Br)N=Nc1ccccc1. The summed E-state index contributed by atoms with van der Waals surface area (Å²) >= 11 is 6.38. The zero-order valence-corrected chi connectivity index (χ0v) is 8.79. The van der Waals surface area contributed by atoms with Gasteiger partial charge in [-0.15, -0.1) is 0 Å². The Balaban J connectivity index is 2.65. The van der Waals surface area contributed by atoms with E-state index in [2.05, 4.69) is 42.1 Å². The molecule has 0 heterocycles. The predicted octanol–water partition coefficient (Wildman–Crippen LogP) is 3.84. The molecule has 0 spiro atoms. The first-order valence-electron chi connectivity index (χ1n) is 3.03. The van der Waals surface area contributed by atoms with Crippen LogP contribution in [0.3, 0.4) is 0 Å². The number of rotatable bonds is 2. The molecule has 1 aromatic carbocycles. The molecule has 1 rings (SSSR count). The van der Waals surface area contributed by atoms with E-state index in [0.29, 0.717) is 0 Å². The van der Waals surface area contributed by atoms with Gasteiger partial charge in [0.25, 0.3) is 0 Å². The van der Waals surface area contributed by atoms with Gasteiger partial charge in [-0.2, -0.15) is 10.2 Å². The van der Waals surface area contributed by atoms with Crippen molar-refractivity contribution in [2.24, 2.45) is 10.2 Å². The van der Waals surface area contributed by atoms with Gasteiger partial charge in [-0.3, -0.25) is 0 Å². The molecule has 0 unspecified atom stereocenters. The van der Waals surface area contributed by atoms with Gasteiger partial charge < -0.3 is 0 Å². The maximum absolute atomic E-state index is 3.94. The lowest BCUT2D eigenvalue weighted by atomic mass is 10.3. The van der Waals surface area contributed by atoms with Gasteiger partial charge in [0.1, 0.15) is 0 Å². The summed E-state index contributed by atoms with van der Waals surface area (Å²) in [6.07, 6.45) is 0. The minimum Gasteiger partial charge on any atom is -0.162 e. The second-order valence-corrected chi connectivity index (χ2v) is 4.79. The Hall–Kier alpha value is -0.220. The molecule has 0 radical (unpaired) electrons. The van der Waals surface area contributed by atoms with Crippen molar-refractivity contribution in [3.63, 3.8) is 0 Å². The van der Waals surface area contributed by atoms with Crippen LogP contribution >= 0.6 is 31.9 Å². The van der Waals surface area contributed by atoms with Crippen molar-refractivity contribution < 1.29 is 0 Å². The largest absolute Gasteiger partial charge is 0.180 e. The molecule has 0 bridgehead atoms. The summed E-state index contributed by atoms with van der Waals surface area (Å²) in [5.74, 6) is 0. The van der Waals surface area contributed by atoms with E-state index in [1.54, 1.807) is 0 Å². The number of benzene rings is 1. The van der Waals surface area contributed by atoms with E-state index in [9.17, 15) is 0 Å². The molecule has 0 saturated heterocycles. The van der Waals surface area contributed by atoms with Gasteiger partial charge in [0, 0.05) is 0 Å². The van der Waals surface area contributed by atoms with Gasteiger partial charge in [-0.05, 0) is 44.0 Å². The van der Waals surface area contributed by atoms with E-state index in [4.69, 9.17) is 0 Å². The van der Waals surface area contributed by atoms with Crippen molar-refractivity contribution >= 4 is 37.5 Å². The Morgan fingerprint density at radius 1 is 1.09 bits per heavy atom. The van der Waals surface area contributed by atoms with Crippen molar-refractivity contribution in [1.82, 2.24) is 0 Å². The number of alkyl halides is 2. The van der Waals surface area contributed by atoms with Crippen LogP contribution in [0.25, 0.3) is 0 Å². The second-order valence-electron chi connectivity index (χ2n) is 1.83. The molecule has 0 aromatic heterocycles. The average molecular weight is 278 g/mol. The standard InChI is InChI=1S/C7H6Br2N2/c8-7(9)11-10-6-4-2-1-3-5-6/h1-5,7H. The van der Waals surface area contributed by atoms with E-state index >= 15 is 0 Å². The smallest absolute Gasteiger partial charge is 0.162 e. The zero-order chi connectivity index (χ0) is 8.10. The Bertz CT molecular complexity index is 233. The lowest BCUT2D eigenvalue weighted by Gasteiger charge is -1.90. The van der Waals surface area contributed by atoms with Gasteiger partial charge in [0.15, 0.2) is 3.86 Å². The normalized spacial score (nSPS) is 11.2. The highest BCUT2D eigenvalue weighted by atomic mass is 79.9. The Morgan fingerprint density at radius 3 is 2.27 bits per heavy atom. The van der Waals surface area contributed by atoms with Gasteiger partial charge in [-0.25, -0.2) is 0 Å². The molecular formula is C7H6Br2N2. The topological polar surface area (TPSA) is 24.7 Å². The lowest BCUT2D eigenvalue weighted by Crippen LogP contribution is -1.71. The number of azo groups is 1. The molecule has 4 heteroatoms. The molecule has 58 valence electrons. The van der Waals surface area contributed by atoms with Crippen LogP contribution in [0.4, 0.5) is 5.69 Å². The van der Waals surface area contributed by atoms with Gasteiger partial charge >= 0.3 is 0 Å². The summed E-state index contributed by atoms with van der Waals surface area (Å²) in [6, 6.07) is 9.58. The molecule has 0 N–H and O–H groups in total. The summed E-state index contributed by atoms with van der Waals surface area (Å²) in [7, 11) is 0. The van der Waals surface area contributed by atoms with Crippen LogP contribution in [0.5, 0.6) is 0 Å². The molecule has 11 heavy (non-hydrogen) atoms. The first-order chi connectivity index (χ1) is 5.29. The van der Waals surface area contributed by atoms with Crippen molar-refractivity contribution in [3.05, 3.63) is 30.3 Å². The molecule has 1 aromatic rings. The number of halogens is 2. The van der Waals surface area contributed by atoms with Crippen molar-refractivity contribution in [2.75, 3.05) is 0 Å². The Labute approximate surface area is 82.0 Å². The monoisotopic (exact) mass is 276 g/mol. The van der Waals surface area contributed by atoms with E-state index in [1.807, 2.05) is 30.3 Å². The third kappa shape index (κ3) is 3.62. The minimum absolute atomic E-state index is 0.102. The fraction of sp³-hybridized carbons (Fsp3) is 0.143. The molecule has 0 saturated carbocycles. The highest BCUT2D eigenvalue weighted by Crippen LogP contribution is 2.15. The molecule has 0 fully saturated rings. The Kier molecular flexibility index (Phi) is 3.72. The third-order valence-electron chi connectivity index (χ3n) is 1.02. The highest BCUT2D eigenvalue weighted by Gasteiger charge is 1.90. The summed E-state index contributed by atoms with van der Waals surface area (Å²) in [4.78, 5) is 0. The second kappa shape index (κ2) is 4.62. The van der Waals surface area contributed by atoms with E-state index < -0.39 is 0 Å². The van der Waals surface area contributed by atoms with Gasteiger partial charge in [-0.1, -0.05) is 18.2 Å². The maximum atomic E-state index is 3.94. The van der Waals surface area contributed by atoms with Gasteiger partial charge in [0.05, 0.1) is 5.69 Å². The molecular weight excluding hydrogens is 272 g/mol. The maximum Gasteiger partial charge on any atom is 0.180 e. The van der Waals surface area contributed by atoms with E-state index in [1.165, 1.54) is 0 Å². The zero-order valence-electron chi connectivity index (χ0n) is 5.61. The molecule has 2 nitrogen and oxygen atoms in total. The van der Waals surface area contributed by atoms with Crippen LogP contribution in [-0.2, 0) is 0 Å². The highest BCUT2D eigenvalue weighted by molar-refractivity contribution is 9.24. The minimum atomic E-state index is -0.102. The van der Waals surface area contributed by atoms with E-state index in [-0.39, 0.29) is 3.86 Å². The number of hydrogen-bond donors (Lipinski definition) is 0. The fourth-order valence-electron chi connectivity index (χ4n) is 0.605. The van der Waals surface area contributed by atoms with E-state index in [0.717, 1.165) is 5.69 Å². The van der Waals surface area contributed by atoms with Crippen LogP contribution in [0.15, 0.2) is 40.6 Å². The summed E-state index contributed by atoms with van der Waals surface area (Å²) in [5.41, 5.74) is 0.858. The summed E-state index contributed by atoms with van der Waals surface area (Å²) in [5, 5.41) is 7.79. The third-order valence-corrected chi connectivity index (χ3v) is 1.38. The van der Waals surface area contributed by atoms with Crippen LogP contribution in [0.2, 0.25) is 0 Å². The van der Waals surface area contributed by atoms with Crippen molar-refractivity contribution in [3.8, 4) is 0 Å². The molecule has 0 aliphatic rings. The fourth-order valence-corrected chi connectivity index (χ4v) is 0.788. The van der Waals surface area contributed by atoms with Crippen LogP contribution in [-0.4, -0.2) is 3.86 Å². The first-order valence-corrected chi connectivity index (χ1v) is 4.86. The van der Waals surface area contributed by atoms with Crippen molar-refractivity contribution in [2.45, 2.75) is 3.86 Å². The number of hydrogen-bond acceptors (Lipinski definition) is 2. The van der Waals surface area contributed by atoms with Gasteiger partial charge in [0.2, 0.25) is 0 Å². The predicted molar refractivity (Wildman–Crippen MR) is 52.6 cm³/mol. The number of nitrogens with zero attached hydrogens (tertiary/aromatic N) is 2. The van der Waals surface area contributed by atoms with Crippen LogP contribution < -0.4 is 0 Å². The molecule has 0 aliphatic carbocycles. The summed E-state index contributed by atoms with van der Waals surface area (Å²) < 4.78 is -0.102. The summed E-state index contributed by atoms with van der Waals surface area (Å²) in [6.45, 7) is 0. The quantitative estimate of drug-likeness (QED) is 0.446. The average Bonchev–Trinajstić information content (AvgIpc) is 2.03. The van der Waals surface area contributed by atoms with Crippen LogP contribution in [0.1, 0.15) is 0 Å². The molecule has 0 amide bonds.